The number of carbonyl (C=O) groups excluding carboxylic acids is 1. The monoisotopic (exact) mass is 262 g/mol. The van der Waals surface area contributed by atoms with E-state index >= 15 is 0 Å². The number of carbonyl (C=O) groups is 1. The minimum Gasteiger partial charge on any atom is -0.488 e. The van der Waals surface area contributed by atoms with E-state index in [1.807, 2.05) is 66.7 Å². The highest BCUT2D eigenvalue weighted by atomic mass is 16.5. The van der Waals surface area contributed by atoms with Crippen molar-refractivity contribution in [1.82, 2.24) is 0 Å². The first-order chi connectivity index (χ1) is 9.83. The first-order valence-corrected chi connectivity index (χ1v) is 6.53. The minimum absolute atomic E-state index is 0.0108. The molecular formula is C18H14O2. The Labute approximate surface area is 118 Å². The Morgan fingerprint density at radius 3 is 2.60 bits per heavy atom. The van der Waals surface area contributed by atoms with Gasteiger partial charge in [-0.2, -0.15) is 0 Å². The van der Waals surface area contributed by atoms with Crippen LogP contribution >= 0.6 is 0 Å². The Morgan fingerprint density at radius 2 is 1.75 bits per heavy atom. The van der Waals surface area contributed by atoms with E-state index in [2.05, 4.69) is 0 Å². The van der Waals surface area contributed by atoms with Crippen LogP contribution in [0.4, 0.5) is 0 Å². The van der Waals surface area contributed by atoms with E-state index in [9.17, 15) is 4.79 Å². The van der Waals surface area contributed by atoms with Crippen molar-refractivity contribution in [2.75, 3.05) is 6.61 Å². The van der Waals surface area contributed by atoms with Crippen LogP contribution in [0.25, 0.3) is 12.2 Å². The Hall–Kier alpha value is -2.61. The lowest BCUT2D eigenvalue weighted by Crippen LogP contribution is -2.13. The quantitative estimate of drug-likeness (QED) is 0.787. The molecule has 2 aromatic rings. The molecule has 0 saturated carbocycles. The lowest BCUT2D eigenvalue weighted by Gasteiger charge is -2.15. The summed E-state index contributed by atoms with van der Waals surface area (Å²) in [6.45, 7) is 0.328. The van der Waals surface area contributed by atoms with Gasteiger partial charge in [0.1, 0.15) is 12.4 Å². The van der Waals surface area contributed by atoms with Crippen molar-refractivity contribution >= 4 is 17.9 Å². The summed E-state index contributed by atoms with van der Waals surface area (Å²) in [5.74, 6) is 0.819. The van der Waals surface area contributed by atoms with E-state index in [0.29, 0.717) is 12.2 Å². The molecule has 0 aromatic heterocycles. The van der Waals surface area contributed by atoms with Gasteiger partial charge in [-0.25, -0.2) is 0 Å². The first-order valence-electron chi connectivity index (χ1n) is 6.53. The third-order valence-electron chi connectivity index (χ3n) is 3.18. The molecule has 98 valence electrons. The number of ether oxygens (including phenoxy) is 1. The molecule has 0 radical (unpaired) electrons. The van der Waals surface area contributed by atoms with Crippen molar-refractivity contribution in [3.8, 4) is 5.75 Å². The maximum atomic E-state index is 12.1. The second kappa shape index (κ2) is 5.57. The smallest absolute Gasteiger partial charge is 0.185 e. The highest BCUT2D eigenvalue weighted by molar-refractivity contribution is 6.09. The fourth-order valence-electron chi connectivity index (χ4n) is 2.10. The lowest BCUT2D eigenvalue weighted by atomic mass is 10.0. The van der Waals surface area contributed by atoms with Gasteiger partial charge in [0.15, 0.2) is 5.78 Å². The summed E-state index contributed by atoms with van der Waals surface area (Å²) >= 11 is 0. The topological polar surface area (TPSA) is 26.3 Å². The Morgan fingerprint density at radius 1 is 1.00 bits per heavy atom. The number of allylic oxidation sites excluding steroid dienone is 1. The molecule has 0 aliphatic carbocycles. The van der Waals surface area contributed by atoms with E-state index in [4.69, 9.17) is 4.74 Å². The van der Waals surface area contributed by atoms with Crippen LogP contribution in [0, 0.1) is 0 Å². The molecule has 0 atom stereocenters. The molecule has 1 heterocycles. The molecule has 0 spiro atoms. The Balaban J connectivity index is 1.79. The third kappa shape index (κ3) is 2.69. The van der Waals surface area contributed by atoms with Crippen molar-refractivity contribution in [3.63, 3.8) is 0 Å². The molecule has 3 rings (SSSR count). The van der Waals surface area contributed by atoms with Gasteiger partial charge in [-0.05, 0) is 23.8 Å². The predicted octanol–water partition coefficient (Wildman–Crippen LogP) is 3.74. The van der Waals surface area contributed by atoms with Gasteiger partial charge in [0.25, 0.3) is 0 Å². The fraction of sp³-hybridized carbons (Fsp3) is 0.0556. The van der Waals surface area contributed by atoms with Crippen LogP contribution in [-0.2, 0) is 4.79 Å². The molecule has 0 N–H and O–H groups in total. The molecular weight excluding hydrogens is 248 g/mol. The summed E-state index contributed by atoms with van der Waals surface area (Å²) in [6.07, 6.45) is 5.32. The third-order valence-corrected chi connectivity index (χ3v) is 3.18. The van der Waals surface area contributed by atoms with Crippen LogP contribution in [0.1, 0.15) is 11.1 Å². The second-order valence-corrected chi connectivity index (χ2v) is 4.60. The van der Waals surface area contributed by atoms with Crippen LogP contribution in [0.3, 0.4) is 0 Å². The van der Waals surface area contributed by atoms with E-state index < -0.39 is 0 Å². The molecule has 0 bridgehead atoms. The molecule has 1 aliphatic heterocycles. The van der Waals surface area contributed by atoms with Crippen molar-refractivity contribution in [1.29, 1.82) is 0 Å². The number of rotatable bonds is 3. The molecule has 0 fully saturated rings. The molecule has 2 aromatic carbocycles. The molecule has 0 amide bonds. The highest BCUT2D eigenvalue weighted by Gasteiger charge is 2.14. The summed E-state index contributed by atoms with van der Waals surface area (Å²) in [5.41, 5.74) is 2.64. The molecule has 2 nitrogen and oxygen atoms in total. The minimum atomic E-state index is -0.0108. The first kappa shape index (κ1) is 12.4. The van der Waals surface area contributed by atoms with E-state index in [-0.39, 0.29) is 5.78 Å². The zero-order valence-corrected chi connectivity index (χ0v) is 11.0. The van der Waals surface area contributed by atoms with Crippen LogP contribution in [0.2, 0.25) is 0 Å². The SMILES string of the molecule is O=C(/C=C/c1ccccc1)C1=Cc2ccccc2OC1. The Kier molecular flexibility index (Phi) is 3.46. The zero-order chi connectivity index (χ0) is 13.8. The number of hydrogen-bond acceptors (Lipinski definition) is 2. The van der Waals surface area contributed by atoms with Crippen LogP contribution < -0.4 is 4.74 Å². The van der Waals surface area contributed by atoms with Gasteiger partial charge in [-0.3, -0.25) is 4.79 Å². The zero-order valence-electron chi connectivity index (χ0n) is 11.0. The maximum absolute atomic E-state index is 12.1. The standard InChI is InChI=1S/C18H14O2/c19-17(11-10-14-6-2-1-3-7-14)16-12-15-8-4-5-9-18(15)20-13-16/h1-12H,13H2/b11-10+. The van der Waals surface area contributed by atoms with E-state index in [0.717, 1.165) is 16.9 Å². The molecule has 0 saturated heterocycles. The molecule has 0 unspecified atom stereocenters. The van der Waals surface area contributed by atoms with Gasteiger partial charge in [0, 0.05) is 11.1 Å². The average Bonchev–Trinajstić information content (AvgIpc) is 2.53. The second-order valence-electron chi connectivity index (χ2n) is 4.60. The van der Waals surface area contributed by atoms with Crippen LogP contribution in [0.15, 0.2) is 66.2 Å². The molecule has 1 aliphatic rings. The van der Waals surface area contributed by atoms with Gasteiger partial charge >= 0.3 is 0 Å². The van der Waals surface area contributed by atoms with Gasteiger partial charge < -0.3 is 4.74 Å². The number of hydrogen-bond donors (Lipinski definition) is 0. The van der Waals surface area contributed by atoms with Gasteiger partial charge in [0.05, 0.1) is 0 Å². The number of fused-ring (bicyclic) bond motifs is 1. The lowest BCUT2D eigenvalue weighted by molar-refractivity contribution is -0.111. The highest BCUT2D eigenvalue weighted by Crippen LogP contribution is 2.26. The van der Waals surface area contributed by atoms with E-state index in [1.165, 1.54) is 0 Å². The van der Waals surface area contributed by atoms with E-state index in [1.54, 1.807) is 6.08 Å². The summed E-state index contributed by atoms with van der Waals surface area (Å²) in [7, 11) is 0. The summed E-state index contributed by atoms with van der Waals surface area (Å²) in [5, 5.41) is 0. The van der Waals surface area contributed by atoms with Crippen molar-refractivity contribution in [2.24, 2.45) is 0 Å². The summed E-state index contributed by atoms with van der Waals surface area (Å²) in [4.78, 5) is 12.1. The van der Waals surface area contributed by atoms with Crippen LogP contribution in [0.5, 0.6) is 5.75 Å². The number of ketones is 1. The van der Waals surface area contributed by atoms with Gasteiger partial charge in [-0.1, -0.05) is 54.6 Å². The largest absolute Gasteiger partial charge is 0.488 e. The predicted molar refractivity (Wildman–Crippen MR) is 80.4 cm³/mol. The van der Waals surface area contributed by atoms with Crippen molar-refractivity contribution < 1.29 is 9.53 Å². The molecule has 20 heavy (non-hydrogen) atoms. The summed E-state index contributed by atoms with van der Waals surface area (Å²) < 4.78 is 5.59. The van der Waals surface area contributed by atoms with Crippen molar-refractivity contribution in [2.45, 2.75) is 0 Å². The van der Waals surface area contributed by atoms with Crippen molar-refractivity contribution in [3.05, 3.63) is 77.4 Å². The fourth-order valence-corrected chi connectivity index (χ4v) is 2.10. The van der Waals surface area contributed by atoms with Crippen LogP contribution in [-0.4, -0.2) is 12.4 Å². The van der Waals surface area contributed by atoms with Gasteiger partial charge in [0.2, 0.25) is 0 Å². The Bertz CT molecular complexity index is 682. The maximum Gasteiger partial charge on any atom is 0.185 e. The normalized spacial score (nSPS) is 13.5. The molecule has 2 heteroatoms. The average molecular weight is 262 g/mol. The van der Waals surface area contributed by atoms with Gasteiger partial charge in [-0.15, -0.1) is 0 Å². The number of benzene rings is 2. The summed E-state index contributed by atoms with van der Waals surface area (Å²) in [6, 6.07) is 17.5. The number of para-hydroxylation sites is 1.